The van der Waals surface area contributed by atoms with Gasteiger partial charge in [0.25, 0.3) is 6.43 Å². The summed E-state index contributed by atoms with van der Waals surface area (Å²) in [6.45, 7) is 4.22. The quantitative estimate of drug-likeness (QED) is 0.715. The van der Waals surface area contributed by atoms with Gasteiger partial charge >= 0.3 is 0 Å². The summed E-state index contributed by atoms with van der Waals surface area (Å²) in [7, 11) is 0. The molecule has 1 amide bonds. The minimum absolute atomic E-state index is 0.108. The van der Waals surface area contributed by atoms with Crippen molar-refractivity contribution in [2.45, 2.75) is 26.4 Å². The van der Waals surface area contributed by atoms with E-state index in [4.69, 9.17) is 23.2 Å². The van der Waals surface area contributed by atoms with Crippen molar-refractivity contribution in [2.24, 2.45) is 0 Å². The van der Waals surface area contributed by atoms with Crippen LogP contribution in [0.4, 0.5) is 13.2 Å². The van der Waals surface area contributed by atoms with Crippen LogP contribution in [0.5, 0.6) is 0 Å². The van der Waals surface area contributed by atoms with E-state index in [9.17, 15) is 18.0 Å². The van der Waals surface area contributed by atoms with Gasteiger partial charge in [0, 0.05) is 37.7 Å². The second-order valence-electron chi connectivity index (χ2n) is 6.64. The second kappa shape index (κ2) is 8.71. The molecule has 28 heavy (non-hydrogen) atoms. The fourth-order valence-electron chi connectivity index (χ4n) is 3.12. The first kappa shape index (κ1) is 21.0. The van der Waals surface area contributed by atoms with Crippen LogP contribution < -0.4 is 0 Å². The normalized spacial score (nSPS) is 15.5. The molecule has 0 radical (unpaired) electrons. The summed E-state index contributed by atoms with van der Waals surface area (Å²) in [5.41, 5.74) is 0.659. The summed E-state index contributed by atoms with van der Waals surface area (Å²) in [6.07, 6.45) is -2.79. The minimum atomic E-state index is -2.79. The van der Waals surface area contributed by atoms with Crippen LogP contribution in [0.2, 0.25) is 10.0 Å². The van der Waals surface area contributed by atoms with Gasteiger partial charge in [-0.05, 0) is 24.6 Å². The molecule has 1 aromatic heterocycles. The monoisotopic (exact) mass is 434 g/mol. The van der Waals surface area contributed by atoms with Crippen molar-refractivity contribution in [2.75, 3.05) is 26.2 Å². The van der Waals surface area contributed by atoms with Crippen molar-refractivity contribution in [1.29, 1.82) is 0 Å². The Balaban J connectivity index is 1.56. The van der Waals surface area contributed by atoms with E-state index in [1.54, 1.807) is 17.9 Å². The molecule has 10 heteroatoms. The second-order valence-corrected chi connectivity index (χ2v) is 7.42. The first-order valence-electron chi connectivity index (χ1n) is 8.71. The summed E-state index contributed by atoms with van der Waals surface area (Å²) in [5, 5.41) is 4.03. The topological polar surface area (TPSA) is 41.4 Å². The number of amides is 1. The average Bonchev–Trinajstić information content (AvgIpc) is 2.93. The van der Waals surface area contributed by atoms with Gasteiger partial charge in [-0.25, -0.2) is 13.2 Å². The first-order valence-corrected chi connectivity index (χ1v) is 9.47. The molecule has 0 unspecified atom stereocenters. The molecule has 1 saturated heterocycles. The van der Waals surface area contributed by atoms with Gasteiger partial charge in [-0.2, -0.15) is 5.10 Å². The predicted octanol–water partition coefficient (Wildman–Crippen LogP) is 3.92. The number of alkyl halides is 2. The fraction of sp³-hybridized carbons (Fsp3) is 0.444. The Bertz CT molecular complexity index is 867. The highest BCUT2D eigenvalue weighted by Gasteiger charge is 2.25. The number of benzene rings is 1. The van der Waals surface area contributed by atoms with Crippen LogP contribution in [0.3, 0.4) is 0 Å². The Hall–Kier alpha value is -1.77. The van der Waals surface area contributed by atoms with E-state index in [2.05, 4.69) is 10.00 Å². The SMILES string of the molecule is Cc1c(Cl)c(C(F)F)nn1CC(=O)N1CCN(Cc2ccc(F)cc2Cl)CC1. The Kier molecular flexibility index (Phi) is 6.52. The molecular formula is C18H19Cl2F3N4O. The number of carbonyl (C=O) groups excluding carboxylic acids is 1. The molecule has 0 bridgehead atoms. The Morgan fingerprint density at radius 1 is 1.21 bits per heavy atom. The highest BCUT2D eigenvalue weighted by atomic mass is 35.5. The maximum Gasteiger partial charge on any atom is 0.283 e. The summed E-state index contributed by atoms with van der Waals surface area (Å²) in [4.78, 5) is 16.3. The van der Waals surface area contributed by atoms with E-state index in [-0.39, 0.29) is 23.3 Å². The summed E-state index contributed by atoms with van der Waals surface area (Å²) in [6, 6.07) is 4.30. The van der Waals surface area contributed by atoms with Crippen molar-refractivity contribution in [3.63, 3.8) is 0 Å². The third-order valence-electron chi connectivity index (χ3n) is 4.78. The van der Waals surface area contributed by atoms with Crippen LogP contribution in [0.1, 0.15) is 23.4 Å². The number of carbonyl (C=O) groups is 1. The van der Waals surface area contributed by atoms with Gasteiger partial charge in [0.2, 0.25) is 5.91 Å². The predicted molar refractivity (Wildman–Crippen MR) is 100 cm³/mol. The van der Waals surface area contributed by atoms with Crippen molar-refractivity contribution in [3.05, 3.63) is 51.0 Å². The number of piperazine rings is 1. The van der Waals surface area contributed by atoms with Crippen LogP contribution in [-0.2, 0) is 17.9 Å². The van der Waals surface area contributed by atoms with E-state index < -0.39 is 12.1 Å². The average molecular weight is 435 g/mol. The zero-order valence-corrected chi connectivity index (χ0v) is 16.7. The van der Waals surface area contributed by atoms with Crippen LogP contribution >= 0.6 is 23.2 Å². The van der Waals surface area contributed by atoms with Crippen LogP contribution in [0.15, 0.2) is 18.2 Å². The van der Waals surface area contributed by atoms with Crippen LogP contribution in [-0.4, -0.2) is 51.7 Å². The molecule has 0 N–H and O–H groups in total. The molecule has 2 heterocycles. The summed E-state index contributed by atoms with van der Waals surface area (Å²) >= 11 is 11.9. The van der Waals surface area contributed by atoms with E-state index in [0.717, 1.165) is 5.56 Å². The van der Waals surface area contributed by atoms with Crippen molar-refractivity contribution >= 4 is 29.1 Å². The summed E-state index contributed by atoms with van der Waals surface area (Å²) in [5.74, 6) is -0.587. The van der Waals surface area contributed by atoms with Gasteiger partial charge in [0.1, 0.15) is 18.1 Å². The fourth-order valence-corrected chi connectivity index (χ4v) is 3.56. The molecular weight excluding hydrogens is 416 g/mol. The lowest BCUT2D eigenvalue weighted by atomic mass is 10.2. The molecule has 0 aliphatic carbocycles. The number of hydrogen-bond donors (Lipinski definition) is 0. The van der Waals surface area contributed by atoms with E-state index >= 15 is 0 Å². The Labute approximate surface area is 170 Å². The summed E-state index contributed by atoms with van der Waals surface area (Å²) < 4.78 is 40.2. The molecule has 5 nitrogen and oxygen atoms in total. The molecule has 1 aliphatic rings. The molecule has 0 spiro atoms. The van der Waals surface area contributed by atoms with Crippen LogP contribution in [0, 0.1) is 12.7 Å². The molecule has 1 aliphatic heterocycles. The van der Waals surface area contributed by atoms with Crippen molar-refractivity contribution < 1.29 is 18.0 Å². The molecule has 152 valence electrons. The maximum absolute atomic E-state index is 13.1. The lowest BCUT2D eigenvalue weighted by molar-refractivity contribution is -0.133. The zero-order chi connectivity index (χ0) is 20.4. The standard InChI is InChI=1S/C18H19Cl2F3N4O/c1-11-16(20)17(18(22)23)24-27(11)10-15(28)26-6-4-25(5-7-26)9-12-2-3-13(21)8-14(12)19/h2-3,8,18H,4-7,9-10H2,1H3. The van der Waals surface area contributed by atoms with E-state index in [1.807, 2.05) is 0 Å². The van der Waals surface area contributed by atoms with Gasteiger partial charge < -0.3 is 4.90 Å². The van der Waals surface area contributed by atoms with E-state index in [0.29, 0.717) is 43.4 Å². The molecule has 3 rings (SSSR count). The highest BCUT2D eigenvalue weighted by Crippen LogP contribution is 2.28. The van der Waals surface area contributed by atoms with Gasteiger partial charge in [0.15, 0.2) is 0 Å². The number of aromatic nitrogens is 2. The molecule has 1 fully saturated rings. The number of hydrogen-bond acceptors (Lipinski definition) is 3. The van der Waals surface area contributed by atoms with Crippen molar-refractivity contribution in [3.8, 4) is 0 Å². The van der Waals surface area contributed by atoms with Gasteiger partial charge in [0.05, 0.1) is 10.7 Å². The lowest BCUT2D eigenvalue weighted by Crippen LogP contribution is -2.49. The Morgan fingerprint density at radius 2 is 1.89 bits per heavy atom. The molecule has 1 aromatic carbocycles. The minimum Gasteiger partial charge on any atom is -0.339 e. The molecule has 2 aromatic rings. The van der Waals surface area contributed by atoms with E-state index in [1.165, 1.54) is 16.8 Å². The third-order valence-corrected chi connectivity index (χ3v) is 5.60. The molecule has 0 saturated carbocycles. The Morgan fingerprint density at radius 3 is 2.46 bits per heavy atom. The van der Waals surface area contributed by atoms with Crippen molar-refractivity contribution in [1.82, 2.24) is 19.6 Å². The van der Waals surface area contributed by atoms with Crippen LogP contribution in [0.25, 0.3) is 0 Å². The first-order chi connectivity index (χ1) is 13.3. The number of halogens is 5. The smallest absolute Gasteiger partial charge is 0.283 e. The largest absolute Gasteiger partial charge is 0.339 e. The number of rotatable bonds is 5. The maximum atomic E-state index is 13.1. The van der Waals surface area contributed by atoms with Gasteiger partial charge in [-0.15, -0.1) is 0 Å². The highest BCUT2D eigenvalue weighted by molar-refractivity contribution is 6.32. The lowest BCUT2D eigenvalue weighted by Gasteiger charge is -2.35. The van der Waals surface area contributed by atoms with Gasteiger partial charge in [-0.1, -0.05) is 29.3 Å². The molecule has 0 atom stereocenters. The number of nitrogens with zero attached hydrogens (tertiary/aromatic N) is 4. The van der Waals surface area contributed by atoms with Gasteiger partial charge in [-0.3, -0.25) is 14.4 Å². The zero-order valence-electron chi connectivity index (χ0n) is 15.1. The third kappa shape index (κ3) is 4.61.